The summed E-state index contributed by atoms with van der Waals surface area (Å²) in [6.07, 6.45) is 1.75. The van der Waals surface area contributed by atoms with Gasteiger partial charge in [-0.1, -0.05) is 0 Å². The Bertz CT molecular complexity index is 760. The number of carbonyl (C=O) groups is 1. The Kier molecular flexibility index (Phi) is 3.16. The van der Waals surface area contributed by atoms with Gasteiger partial charge < -0.3 is 9.72 Å². The number of ketones is 1. The molecular weight excluding hydrogens is 326 g/mol. The van der Waals surface area contributed by atoms with E-state index in [1.54, 1.807) is 13.3 Å². The van der Waals surface area contributed by atoms with Gasteiger partial charge in [-0.2, -0.15) is 0 Å². The van der Waals surface area contributed by atoms with E-state index in [1.165, 1.54) is 11.3 Å². The summed E-state index contributed by atoms with van der Waals surface area (Å²) >= 11 is 4.88. The van der Waals surface area contributed by atoms with Gasteiger partial charge in [0.15, 0.2) is 5.78 Å². The minimum Gasteiger partial charge on any atom is -0.497 e. The molecule has 1 aromatic carbocycles. The number of aromatic amines is 1. The topological polar surface area (TPSA) is 42.1 Å². The number of aromatic nitrogens is 1. The predicted octanol–water partition coefficient (Wildman–Crippen LogP) is 4.23. The second-order valence-corrected chi connectivity index (χ2v) is 6.37. The molecule has 0 atom stereocenters. The molecule has 0 bridgehead atoms. The highest BCUT2D eigenvalue weighted by molar-refractivity contribution is 9.11. The molecule has 1 N–H and O–H groups in total. The Labute approximate surface area is 122 Å². The molecule has 0 saturated heterocycles. The van der Waals surface area contributed by atoms with Crippen molar-refractivity contribution in [2.45, 2.75) is 0 Å². The normalized spacial score (nSPS) is 10.8. The maximum absolute atomic E-state index is 12.5. The third kappa shape index (κ3) is 2.19. The Morgan fingerprint density at radius 3 is 2.89 bits per heavy atom. The summed E-state index contributed by atoms with van der Waals surface area (Å²) < 4.78 is 6.16. The fourth-order valence-electron chi connectivity index (χ4n) is 2.00. The van der Waals surface area contributed by atoms with Crippen molar-refractivity contribution in [2.24, 2.45) is 0 Å². The number of carbonyl (C=O) groups excluding carboxylic acids is 1. The molecule has 96 valence electrons. The Morgan fingerprint density at radius 1 is 1.37 bits per heavy atom. The number of ether oxygens (including phenoxy) is 1. The summed E-state index contributed by atoms with van der Waals surface area (Å²) in [5.41, 5.74) is 2.29. The van der Waals surface area contributed by atoms with Gasteiger partial charge in [-0.05, 0) is 40.2 Å². The van der Waals surface area contributed by atoms with Crippen molar-refractivity contribution in [2.75, 3.05) is 7.11 Å². The monoisotopic (exact) mass is 335 g/mol. The van der Waals surface area contributed by atoms with Crippen molar-refractivity contribution >= 4 is 44.0 Å². The zero-order chi connectivity index (χ0) is 13.4. The van der Waals surface area contributed by atoms with E-state index in [-0.39, 0.29) is 5.78 Å². The van der Waals surface area contributed by atoms with Gasteiger partial charge in [-0.15, -0.1) is 11.3 Å². The molecule has 19 heavy (non-hydrogen) atoms. The van der Waals surface area contributed by atoms with Crippen molar-refractivity contribution in [1.29, 1.82) is 0 Å². The quantitative estimate of drug-likeness (QED) is 0.727. The molecule has 2 aromatic heterocycles. The van der Waals surface area contributed by atoms with Crippen LogP contribution in [0.15, 0.2) is 39.6 Å². The summed E-state index contributed by atoms with van der Waals surface area (Å²) in [5, 5.41) is 2.73. The van der Waals surface area contributed by atoms with Crippen molar-refractivity contribution in [3.8, 4) is 5.75 Å². The van der Waals surface area contributed by atoms with Crippen LogP contribution in [0.5, 0.6) is 5.75 Å². The second kappa shape index (κ2) is 4.83. The largest absolute Gasteiger partial charge is 0.497 e. The van der Waals surface area contributed by atoms with Crippen LogP contribution in [0.25, 0.3) is 10.9 Å². The zero-order valence-corrected chi connectivity index (χ0v) is 12.5. The van der Waals surface area contributed by atoms with Gasteiger partial charge in [0.1, 0.15) is 5.75 Å². The first-order chi connectivity index (χ1) is 9.19. The average molecular weight is 336 g/mol. The molecule has 0 radical (unpaired) electrons. The van der Waals surface area contributed by atoms with Gasteiger partial charge in [0.25, 0.3) is 0 Å². The number of hydrogen-bond acceptors (Lipinski definition) is 3. The van der Waals surface area contributed by atoms with Crippen LogP contribution in [-0.2, 0) is 0 Å². The van der Waals surface area contributed by atoms with Gasteiger partial charge in [0, 0.05) is 33.6 Å². The second-order valence-electron chi connectivity index (χ2n) is 4.08. The number of methoxy groups -OCH3 is 1. The zero-order valence-electron chi connectivity index (χ0n) is 10.1. The standard InChI is InChI=1S/C14H10BrNO2S/c1-18-9-2-3-12-10(5-9)11(6-16-12)14(17)8-4-13(15)19-7-8/h2-7,16H,1H3. The van der Waals surface area contributed by atoms with Crippen molar-refractivity contribution < 1.29 is 9.53 Å². The summed E-state index contributed by atoms with van der Waals surface area (Å²) in [6.45, 7) is 0. The van der Waals surface area contributed by atoms with Gasteiger partial charge in [0.05, 0.1) is 10.9 Å². The van der Waals surface area contributed by atoms with E-state index < -0.39 is 0 Å². The number of benzene rings is 1. The summed E-state index contributed by atoms with van der Waals surface area (Å²) in [6, 6.07) is 7.50. The van der Waals surface area contributed by atoms with Gasteiger partial charge in [-0.3, -0.25) is 4.79 Å². The highest BCUT2D eigenvalue weighted by Gasteiger charge is 2.15. The van der Waals surface area contributed by atoms with Crippen LogP contribution in [-0.4, -0.2) is 17.9 Å². The first kappa shape index (κ1) is 12.4. The third-order valence-corrected chi connectivity index (χ3v) is 4.47. The fourth-order valence-corrected chi connectivity index (χ4v) is 3.14. The average Bonchev–Trinajstić information content (AvgIpc) is 3.03. The lowest BCUT2D eigenvalue weighted by molar-refractivity contribution is 0.104. The Hall–Kier alpha value is -1.59. The maximum Gasteiger partial charge on any atom is 0.196 e. The molecule has 0 fully saturated rings. The highest BCUT2D eigenvalue weighted by Crippen LogP contribution is 2.28. The molecule has 3 rings (SSSR count). The number of thiophene rings is 1. The maximum atomic E-state index is 12.5. The number of rotatable bonds is 3. The molecule has 3 nitrogen and oxygen atoms in total. The summed E-state index contributed by atoms with van der Waals surface area (Å²) in [7, 11) is 1.62. The number of halogens is 1. The van der Waals surface area contributed by atoms with Crippen molar-refractivity contribution in [1.82, 2.24) is 4.98 Å². The van der Waals surface area contributed by atoms with Crippen LogP contribution >= 0.6 is 27.3 Å². The molecule has 0 aliphatic heterocycles. The number of fused-ring (bicyclic) bond motifs is 1. The van der Waals surface area contributed by atoms with Crippen LogP contribution in [0.3, 0.4) is 0 Å². The first-order valence-corrected chi connectivity index (χ1v) is 7.30. The third-order valence-electron chi connectivity index (χ3n) is 2.96. The minimum atomic E-state index is 0.0152. The SMILES string of the molecule is COc1ccc2[nH]cc(C(=O)c3csc(Br)c3)c2c1. The van der Waals surface area contributed by atoms with Gasteiger partial charge in [0.2, 0.25) is 0 Å². The van der Waals surface area contributed by atoms with Crippen molar-refractivity contribution in [3.63, 3.8) is 0 Å². The number of hydrogen-bond donors (Lipinski definition) is 1. The van der Waals surface area contributed by atoms with E-state index >= 15 is 0 Å². The van der Waals surface area contributed by atoms with Crippen LogP contribution in [0.4, 0.5) is 0 Å². The highest BCUT2D eigenvalue weighted by atomic mass is 79.9. The van der Waals surface area contributed by atoms with Crippen LogP contribution < -0.4 is 4.74 Å². The van der Waals surface area contributed by atoms with E-state index in [4.69, 9.17) is 4.74 Å². The molecule has 0 unspecified atom stereocenters. The lowest BCUT2D eigenvalue weighted by Crippen LogP contribution is -1.98. The van der Waals surface area contributed by atoms with E-state index in [2.05, 4.69) is 20.9 Å². The number of H-pyrrole nitrogens is 1. The lowest BCUT2D eigenvalue weighted by atomic mass is 10.1. The minimum absolute atomic E-state index is 0.0152. The molecule has 2 heterocycles. The first-order valence-electron chi connectivity index (χ1n) is 5.63. The van der Waals surface area contributed by atoms with Crippen LogP contribution in [0.2, 0.25) is 0 Å². The predicted molar refractivity (Wildman–Crippen MR) is 80.3 cm³/mol. The summed E-state index contributed by atoms with van der Waals surface area (Å²) in [4.78, 5) is 15.6. The van der Waals surface area contributed by atoms with Crippen LogP contribution in [0, 0.1) is 0 Å². The van der Waals surface area contributed by atoms with E-state index in [0.717, 1.165) is 20.4 Å². The molecule has 0 amide bonds. The van der Waals surface area contributed by atoms with Gasteiger partial charge >= 0.3 is 0 Å². The molecule has 0 aliphatic rings. The lowest BCUT2D eigenvalue weighted by Gasteiger charge is -2.00. The molecule has 5 heteroatoms. The Balaban J connectivity index is 2.12. The van der Waals surface area contributed by atoms with Gasteiger partial charge in [-0.25, -0.2) is 0 Å². The molecule has 0 saturated carbocycles. The van der Waals surface area contributed by atoms with E-state index in [9.17, 15) is 4.79 Å². The summed E-state index contributed by atoms with van der Waals surface area (Å²) in [5.74, 6) is 0.758. The number of nitrogens with one attached hydrogen (secondary N) is 1. The molecular formula is C14H10BrNO2S. The molecule has 0 spiro atoms. The van der Waals surface area contributed by atoms with E-state index in [0.29, 0.717) is 11.1 Å². The molecule has 3 aromatic rings. The van der Waals surface area contributed by atoms with Crippen LogP contribution in [0.1, 0.15) is 15.9 Å². The fraction of sp³-hybridized carbons (Fsp3) is 0.0714. The van der Waals surface area contributed by atoms with Crippen molar-refractivity contribution in [3.05, 3.63) is 50.8 Å². The van der Waals surface area contributed by atoms with E-state index in [1.807, 2.05) is 29.6 Å². The smallest absolute Gasteiger partial charge is 0.196 e. The Morgan fingerprint density at radius 2 is 2.21 bits per heavy atom. The molecule has 0 aliphatic carbocycles.